The minimum absolute atomic E-state index is 0.0862. The topological polar surface area (TPSA) is 66.5 Å². The van der Waals surface area contributed by atoms with Gasteiger partial charge in [-0.15, -0.1) is 22.7 Å². The normalized spacial score (nSPS) is 17.2. The first-order valence-corrected chi connectivity index (χ1v) is 12.5. The standard InChI is InChI=1S/C20H20N2O3S3/c1-28(24,25)15-5-2-4-14(12-15)21-19(23)13-22-9-7-17-16(8-11-27-17)20(22)18-6-3-10-26-18/h2-6,8,10-12,20H,7,9,13H2,1H3,(H,21,23)/t20-/m1/s1. The average Bonchev–Trinajstić information content (AvgIpc) is 3.32. The van der Waals surface area contributed by atoms with Gasteiger partial charge in [-0.2, -0.15) is 0 Å². The molecule has 4 rings (SSSR count). The van der Waals surface area contributed by atoms with Crippen molar-refractivity contribution in [2.24, 2.45) is 0 Å². The molecule has 146 valence electrons. The van der Waals surface area contributed by atoms with Crippen LogP contribution in [-0.2, 0) is 21.1 Å². The molecular formula is C20H20N2O3S3. The molecule has 1 N–H and O–H groups in total. The van der Waals surface area contributed by atoms with Crippen molar-refractivity contribution >= 4 is 44.1 Å². The highest BCUT2D eigenvalue weighted by molar-refractivity contribution is 7.90. The molecule has 1 amide bonds. The van der Waals surface area contributed by atoms with E-state index in [0.29, 0.717) is 5.69 Å². The Balaban J connectivity index is 1.53. The summed E-state index contributed by atoms with van der Waals surface area (Å²) in [6.45, 7) is 1.06. The number of hydrogen-bond acceptors (Lipinski definition) is 6. The van der Waals surface area contributed by atoms with Crippen LogP contribution >= 0.6 is 22.7 Å². The number of amides is 1. The van der Waals surface area contributed by atoms with Crippen LogP contribution in [0.5, 0.6) is 0 Å². The Morgan fingerprint density at radius 3 is 2.79 bits per heavy atom. The van der Waals surface area contributed by atoms with E-state index in [-0.39, 0.29) is 23.4 Å². The third-order valence-corrected chi connectivity index (χ3v) is 7.80. The third kappa shape index (κ3) is 4.05. The Kier molecular flexibility index (Phi) is 5.37. The highest BCUT2D eigenvalue weighted by atomic mass is 32.2. The van der Waals surface area contributed by atoms with Crippen molar-refractivity contribution in [3.05, 3.63) is 68.5 Å². The van der Waals surface area contributed by atoms with Crippen LogP contribution in [0.1, 0.15) is 21.4 Å². The van der Waals surface area contributed by atoms with Gasteiger partial charge < -0.3 is 5.32 Å². The summed E-state index contributed by atoms with van der Waals surface area (Å²) in [7, 11) is -3.31. The number of thiophene rings is 2. The number of anilines is 1. The molecule has 0 fully saturated rings. The van der Waals surface area contributed by atoms with E-state index in [9.17, 15) is 13.2 Å². The summed E-state index contributed by atoms with van der Waals surface area (Å²) in [6, 6.07) is 12.8. The van der Waals surface area contributed by atoms with Crippen molar-refractivity contribution in [2.45, 2.75) is 17.4 Å². The Morgan fingerprint density at radius 2 is 2.04 bits per heavy atom. The summed E-state index contributed by atoms with van der Waals surface area (Å²) in [6.07, 6.45) is 2.09. The highest BCUT2D eigenvalue weighted by Gasteiger charge is 2.31. The van der Waals surface area contributed by atoms with E-state index in [2.05, 4.69) is 33.1 Å². The number of carbonyl (C=O) groups is 1. The molecule has 1 aliphatic heterocycles. The molecule has 3 heterocycles. The highest BCUT2D eigenvalue weighted by Crippen LogP contribution is 2.39. The second kappa shape index (κ2) is 7.79. The van der Waals surface area contributed by atoms with Gasteiger partial charge in [0.05, 0.1) is 17.5 Å². The van der Waals surface area contributed by atoms with Gasteiger partial charge in [0.1, 0.15) is 0 Å². The molecular weight excluding hydrogens is 412 g/mol. The summed E-state index contributed by atoms with van der Waals surface area (Å²) in [5, 5.41) is 7.02. The van der Waals surface area contributed by atoms with Crippen molar-refractivity contribution in [3.8, 4) is 0 Å². The van der Waals surface area contributed by atoms with Crippen LogP contribution in [0.4, 0.5) is 5.69 Å². The molecule has 2 aromatic heterocycles. The zero-order valence-electron chi connectivity index (χ0n) is 15.3. The second-order valence-electron chi connectivity index (χ2n) is 6.79. The first kappa shape index (κ1) is 19.3. The quantitative estimate of drug-likeness (QED) is 0.666. The second-order valence-corrected chi connectivity index (χ2v) is 10.8. The van der Waals surface area contributed by atoms with Gasteiger partial charge >= 0.3 is 0 Å². The van der Waals surface area contributed by atoms with Gasteiger partial charge in [-0.1, -0.05) is 12.1 Å². The first-order chi connectivity index (χ1) is 13.4. The smallest absolute Gasteiger partial charge is 0.238 e. The number of benzene rings is 1. The van der Waals surface area contributed by atoms with Crippen LogP contribution in [0, 0.1) is 0 Å². The number of rotatable bonds is 5. The number of nitrogens with zero attached hydrogens (tertiary/aromatic N) is 1. The molecule has 0 radical (unpaired) electrons. The molecule has 0 saturated carbocycles. The van der Waals surface area contributed by atoms with Gasteiger partial charge in [0.2, 0.25) is 5.91 Å². The van der Waals surface area contributed by atoms with Crippen LogP contribution < -0.4 is 5.32 Å². The number of carbonyl (C=O) groups excluding carboxylic acids is 1. The minimum atomic E-state index is -3.31. The maximum absolute atomic E-state index is 12.7. The van der Waals surface area contributed by atoms with E-state index in [1.165, 1.54) is 27.5 Å². The zero-order valence-corrected chi connectivity index (χ0v) is 17.7. The van der Waals surface area contributed by atoms with E-state index >= 15 is 0 Å². The van der Waals surface area contributed by atoms with Crippen LogP contribution in [0.2, 0.25) is 0 Å². The maximum Gasteiger partial charge on any atom is 0.238 e. The SMILES string of the molecule is CS(=O)(=O)c1cccc(NC(=O)CN2CCc3sccc3[C@@H]2c2cccs2)c1. The van der Waals surface area contributed by atoms with Gasteiger partial charge in [0, 0.05) is 28.2 Å². The van der Waals surface area contributed by atoms with Crippen LogP contribution in [0.15, 0.2) is 58.1 Å². The fourth-order valence-corrected chi connectivity index (χ4v) is 5.96. The Labute approximate surface area is 172 Å². The Hall–Kier alpha value is -2.00. The molecule has 0 spiro atoms. The van der Waals surface area contributed by atoms with E-state index < -0.39 is 9.84 Å². The van der Waals surface area contributed by atoms with Crippen LogP contribution in [-0.4, -0.2) is 38.6 Å². The third-order valence-electron chi connectivity index (χ3n) is 4.77. The van der Waals surface area contributed by atoms with Crippen molar-refractivity contribution < 1.29 is 13.2 Å². The van der Waals surface area contributed by atoms with Crippen LogP contribution in [0.25, 0.3) is 0 Å². The molecule has 1 aliphatic rings. The molecule has 28 heavy (non-hydrogen) atoms. The lowest BCUT2D eigenvalue weighted by Gasteiger charge is -2.34. The van der Waals surface area contributed by atoms with Crippen molar-refractivity contribution in [1.29, 1.82) is 0 Å². The number of hydrogen-bond donors (Lipinski definition) is 1. The molecule has 3 aromatic rings. The van der Waals surface area contributed by atoms with Crippen molar-refractivity contribution in [1.82, 2.24) is 4.90 Å². The van der Waals surface area contributed by atoms with Crippen molar-refractivity contribution in [2.75, 3.05) is 24.7 Å². The minimum Gasteiger partial charge on any atom is -0.325 e. The fourth-order valence-electron chi connectivity index (χ4n) is 3.51. The lowest BCUT2D eigenvalue weighted by molar-refractivity contribution is -0.117. The summed E-state index contributed by atoms with van der Waals surface area (Å²) in [4.78, 5) is 17.7. The molecule has 8 heteroatoms. The predicted molar refractivity (Wildman–Crippen MR) is 114 cm³/mol. The van der Waals surface area contributed by atoms with Gasteiger partial charge in [-0.05, 0) is 53.1 Å². The molecule has 5 nitrogen and oxygen atoms in total. The van der Waals surface area contributed by atoms with Gasteiger partial charge in [0.25, 0.3) is 0 Å². The zero-order chi connectivity index (χ0) is 19.7. The Bertz CT molecular complexity index is 1090. The largest absolute Gasteiger partial charge is 0.325 e. The van der Waals surface area contributed by atoms with Crippen molar-refractivity contribution in [3.63, 3.8) is 0 Å². The van der Waals surface area contributed by atoms with Crippen LogP contribution in [0.3, 0.4) is 0 Å². The van der Waals surface area contributed by atoms with E-state index in [1.807, 2.05) is 6.07 Å². The lowest BCUT2D eigenvalue weighted by atomic mass is 9.98. The molecule has 0 unspecified atom stereocenters. The summed E-state index contributed by atoms with van der Waals surface area (Å²) < 4.78 is 23.5. The first-order valence-electron chi connectivity index (χ1n) is 8.85. The maximum atomic E-state index is 12.7. The average molecular weight is 433 g/mol. The summed E-state index contributed by atoms with van der Waals surface area (Å²) >= 11 is 3.47. The number of nitrogens with one attached hydrogen (secondary N) is 1. The molecule has 0 aliphatic carbocycles. The molecule has 1 aromatic carbocycles. The molecule has 0 bridgehead atoms. The van der Waals surface area contributed by atoms with Gasteiger partial charge in [-0.3, -0.25) is 9.69 Å². The molecule has 1 atom stereocenters. The predicted octanol–water partition coefficient (Wildman–Crippen LogP) is 3.80. The molecule has 0 saturated heterocycles. The van der Waals surface area contributed by atoms with E-state index in [4.69, 9.17) is 0 Å². The lowest BCUT2D eigenvalue weighted by Crippen LogP contribution is -2.40. The van der Waals surface area contributed by atoms with Gasteiger partial charge in [-0.25, -0.2) is 8.42 Å². The number of fused-ring (bicyclic) bond motifs is 1. The summed E-state index contributed by atoms with van der Waals surface area (Å²) in [5.41, 5.74) is 1.78. The van der Waals surface area contributed by atoms with Gasteiger partial charge in [0.15, 0.2) is 9.84 Å². The van der Waals surface area contributed by atoms with E-state index in [0.717, 1.165) is 19.2 Å². The van der Waals surface area contributed by atoms with E-state index in [1.54, 1.807) is 34.8 Å². The fraction of sp³-hybridized carbons (Fsp3) is 0.250. The number of sulfone groups is 1. The monoisotopic (exact) mass is 432 g/mol. The summed E-state index contributed by atoms with van der Waals surface area (Å²) in [5.74, 6) is -0.147. The Morgan fingerprint density at radius 1 is 1.18 bits per heavy atom.